The summed E-state index contributed by atoms with van der Waals surface area (Å²) in [5, 5.41) is 2.78. The van der Waals surface area contributed by atoms with E-state index in [1.54, 1.807) is 24.6 Å². The molecule has 3 aromatic heterocycles. The van der Waals surface area contributed by atoms with Crippen LogP contribution in [0.1, 0.15) is 25.8 Å². The van der Waals surface area contributed by atoms with Crippen LogP contribution in [0.15, 0.2) is 66.2 Å². The van der Waals surface area contributed by atoms with Crippen molar-refractivity contribution in [2.45, 2.75) is 20.0 Å². The first-order chi connectivity index (χ1) is 14.7. The Morgan fingerprint density at radius 1 is 1.07 bits per heavy atom. The molecular formula is C23H21N3O2S2. The van der Waals surface area contributed by atoms with Crippen molar-refractivity contribution >= 4 is 28.6 Å². The number of rotatable bonds is 7. The lowest BCUT2D eigenvalue weighted by molar-refractivity contribution is 0.0734. The normalized spacial score (nSPS) is 10.7. The lowest BCUT2D eigenvalue weighted by Crippen LogP contribution is -2.30. The van der Waals surface area contributed by atoms with Crippen LogP contribution in [0, 0.1) is 6.92 Å². The Kier molecular flexibility index (Phi) is 6.21. The first-order valence-electron chi connectivity index (χ1n) is 9.48. The van der Waals surface area contributed by atoms with E-state index in [0.29, 0.717) is 18.0 Å². The molecule has 0 aliphatic rings. The van der Waals surface area contributed by atoms with Crippen molar-refractivity contribution in [3.05, 3.63) is 87.2 Å². The summed E-state index contributed by atoms with van der Waals surface area (Å²) in [5.74, 6) is 0.739. The molecule has 0 radical (unpaired) electrons. The Labute approximate surface area is 183 Å². The zero-order valence-electron chi connectivity index (χ0n) is 16.7. The third-order valence-electron chi connectivity index (χ3n) is 4.64. The number of para-hydroxylation sites is 1. The van der Waals surface area contributed by atoms with Crippen molar-refractivity contribution in [3.8, 4) is 16.5 Å². The van der Waals surface area contributed by atoms with Gasteiger partial charge in [0.2, 0.25) is 0 Å². The summed E-state index contributed by atoms with van der Waals surface area (Å²) in [6, 6.07) is 17.5. The van der Waals surface area contributed by atoms with Crippen LogP contribution in [0.2, 0.25) is 0 Å². The Balaban J connectivity index is 1.66. The van der Waals surface area contributed by atoms with Crippen LogP contribution in [0.3, 0.4) is 0 Å². The summed E-state index contributed by atoms with van der Waals surface area (Å²) < 4.78 is 5.50. The Morgan fingerprint density at radius 2 is 1.90 bits per heavy atom. The molecule has 5 nitrogen and oxygen atoms in total. The second kappa shape index (κ2) is 9.19. The highest BCUT2D eigenvalue weighted by molar-refractivity contribution is 7.17. The topological polar surface area (TPSA) is 55.3 Å². The summed E-state index contributed by atoms with van der Waals surface area (Å²) in [6.45, 7) is 2.87. The molecule has 0 N–H and O–H groups in total. The van der Waals surface area contributed by atoms with Crippen LogP contribution in [-0.2, 0) is 13.1 Å². The third-order valence-corrected chi connectivity index (χ3v) is 6.67. The first-order valence-corrected chi connectivity index (χ1v) is 11.2. The fourth-order valence-corrected chi connectivity index (χ4v) is 4.90. The summed E-state index contributed by atoms with van der Waals surface area (Å²) in [6.07, 6.45) is 1.73. The van der Waals surface area contributed by atoms with Gasteiger partial charge in [-0.25, -0.2) is 4.98 Å². The van der Waals surface area contributed by atoms with Gasteiger partial charge in [0.15, 0.2) is 0 Å². The molecule has 7 heteroatoms. The van der Waals surface area contributed by atoms with Gasteiger partial charge in [0, 0.05) is 16.6 Å². The first kappa shape index (κ1) is 20.3. The van der Waals surface area contributed by atoms with E-state index >= 15 is 0 Å². The maximum Gasteiger partial charge on any atom is 0.266 e. The van der Waals surface area contributed by atoms with Gasteiger partial charge in [0.05, 0.1) is 31.6 Å². The van der Waals surface area contributed by atoms with Gasteiger partial charge >= 0.3 is 0 Å². The predicted molar refractivity (Wildman–Crippen MR) is 121 cm³/mol. The van der Waals surface area contributed by atoms with E-state index < -0.39 is 0 Å². The smallest absolute Gasteiger partial charge is 0.266 e. The lowest BCUT2D eigenvalue weighted by Gasteiger charge is -2.23. The van der Waals surface area contributed by atoms with E-state index in [-0.39, 0.29) is 5.91 Å². The molecule has 0 spiro atoms. The highest BCUT2D eigenvalue weighted by atomic mass is 32.1. The van der Waals surface area contributed by atoms with Crippen molar-refractivity contribution < 1.29 is 9.53 Å². The van der Waals surface area contributed by atoms with Gasteiger partial charge in [-0.3, -0.25) is 9.78 Å². The number of carbonyl (C=O) groups excluding carboxylic acids is 1. The van der Waals surface area contributed by atoms with Crippen LogP contribution in [-0.4, -0.2) is 27.9 Å². The molecule has 0 aliphatic heterocycles. The van der Waals surface area contributed by atoms with E-state index in [1.165, 1.54) is 11.3 Å². The summed E-state index contributed by atoms with van der Waals surface area (Å²) >= 11 is 3.03. The molecule has 0 aliphatic carbocycles. The largest absolute Gasteiger partial charge is 0.496 e. The number of methoxy groups -OCH3 is 1. The monoisotopic (exact) mass is 435 g/mol. The highest BCUT2D eigenvalue weighted by Crippen LogP contribution is 2.29. The summed E-state index contributed by atoms with van der Waals surface area (Å²) in [7, 11) is 1.65. The van der Waals surface area contributed by atoms with Crippen molar-refractivity contribution in [3.63, 3.8) is 0 Å². The third kappa shape index (κ3) is 4.42. The Bertz CT molecular complexity index is 1120. The molecule has 1 amide bonds. The highest BCUT2D eigenvalue weighted by Gasteiger charge is 2.24. The van der Waals surface area contributed by atoms with E-state index in [9.17, 15) is 4.79 Å². The van der Waals surface area contributed by atoms with E-state index in [2.05, 4.69) is 9.97 Å². The van der Waals surface area contributed by atoms with Crippen LogP contribution < -0.4 is 4.74 Å². The van der Waals surface area contributed by atoms with Gasteiger partial charge in [0.25, 0.3) is 5.91 Å². The average Bonchev–Trinajstić information content (AvgIpc) is 3.43. The SMILES string of the molecule is COc1ccccc1CN(Cc1cccs1)C(=O)c1sc(-c2ccccn2)nc1C. The minimum Gasteiger partial charge on any atom is -0.496 e. The molecule has 1 aromatic carbocycles. The minimum atomic E-state index is -0.0357. The number of carbonyl (C=O) groups is 1. The summed E-state index contributed by atoms with van der Waals surface area (Å²) in [4.78, 5) is 26.2. The van der Waals surface area contributed by atoms with Crippen molar-refractivity contribution in [2.75, 3.05) is 7.11 Å². The van der Waals surface area contributed by atoms with Crippen molar-refractivity contribution in [2.24, 2.45) is 0 Å². The second-order valence-corrected chi connectivity index (χ2v) is 8.73. The standard InChI is InChI=1S/C23H21N3O2S2/c1-16-21(30-22(25-16)19-10-5-6-12-24-19)23(27)26(15-18-9-7-13-29-18)14-17-8-3-4-11-20(17)28-2/h3-13H,14-15H2,1-2H3. The number of benzene rings is 1. The molecule has 4 rings (SSSR count). The van der Waals surface area contributed by atoms with Crippen LogP contribution >= 0.6 is 22.7 Å². The van der Waals surface area contributed by atoms with Crippen LogP contribution in [0.5, 0.6) is 5.75 Å². The number of pyridine rings is 1. The number of hydrogen-bond donors (Lipinski definition) is 0. The molecular weight excluding hydrogens is 414 g/mol. The van der Waals surface area contributed by atoms with Gasteiger partial charge < -0.3 is 9.64 Å². The molecule has 0 saturated heterocycles. The van der Waals surface area contributed by atoms with Crippen molar-refractivity contribution in [1.82, 2.24) is 14.9 Å². The molecule has 0 saturated carbocycles. The molecule has 0 atom stereocenters. The predicted octanol–water partition coefficient (Wildman–Crippen LogP) is 5.43. The molecule has 0 fully saturated rings. The van der Waals surface area contributed by atoms with E-state index in [1.807, 2.05) is 71.8 Å². The average molecular weight is 436 g/mol. The van der Waals surface area contributed by atoms with Gasteiger partial charge in [-0.1, -0.05) is 30.3 Å². The van der Waals surface area contributed by atoms with E-state index in [4.69, 9.17) is 4.74 Å². The molecule has 30 heavy (non-hydrogen) atoms. The number of thiazole rings is 1. The van der Waals surface area contributed by atoms with Gasteiger partial charge in [-0.05, 0) is 36.6 Å². The molecule has 152 valence electrons. The molecule has 0 unspecified atom stereocenters. The number of aromatic nitrogens is 2. The number of hydrogen-bond acceptors (Lipinski definition) is 6. The zero-order chi connectivity index (χ0) is 20.9. The number of nitrogens with zero attached hydrogens (tertiary/aromatic N) is 3. The number of ether oxygens (including phenoxy) is 1. The Morgan fingerprint density at radius 3 is 2.63 bits per heavy atom. The lowest BCUT2D eigenvalue weighted by atomic mass is 10.1. The maximum absolute atomic E-state index is 13.6. The van der Waals surface area contributed by atoms with Gasteiger partial charge in [0.1, 0.15) is 15.6 Å². The molecule has 0 bridgehead atoms. The molecule has 3 heterocycles. The van der Waals surface area contributed by atoms with Crippen LogP contribution in [0.4, 0.5) is 0 Å². The number of aryl methyl sites for hydroxylation is 1. The van der Waals surface area contributed by atoms with Gasteiger partial charge in [-0.2, -0.15) is 0 Å². The van der Waals surface area contributed by atoms with Crippen LogP contribution in [0.25, 0.3) is 10.7 Å². The second-order valence-electron chi connectivity index (χ2n) is 6.70. The van der Waals surface area contributed by atoms with E-state index in [0.717, 1.165) is 32.6 Å². The van der Waals surface area contributed by atoms with Gasteiger partial charge in [-0.15, -0.1) is 22.7 Å². The molecule has 4 aromatic rings. The number of thiophene rings is 1. The fraction of sp³-hybridized carbons (Fsp3) is 0.174. The van der Waals surface area contributed by atoms with Crippen molar-refractivity contribution in [1.29, 1.82) is 0 Å². The number of amides is 1. The quantitative estimate of drug-likeness (QED) is 0.389. The Hall–Kier alpha value is -3.03. The minimum absolute atomic E-state index is 0.0357. The zero-order valence-corrected chi connectivity index (χ0v) is 18.4. The fourth-order valence-electron chi connectivity index (χ4n) is 3.17. The summed E-state index contributed by atoms with van der Waals surface area (Å²) in [5.41, 5.74) is 2.47. The maximum atomic E-state index is 13.6.